The van der Waals surface area contributed by atoms with Gasteiger partial charge in [-0.25, -0.2) is 0 Å². The van der Waals surface area contributed by atoms with E-state index in [2.05, 4.69) is 19.6 Å². The molecule has 1 unspecified atom stereocenters. The average molecular weight is 178 g/mol. The van der Waals surface area contributed by atoms with Crippen LogP contribution in [0.15, 0.2) is 0 Å². The topological polar surface area (TPSA) is 18.5 Å². The molecule has 1 atom stereocenters. The molecule has 0 aromatic rings. The predicted octanol–water partition coefficient (Wildman–Crippen LogP) is 1.61. The molecule has 0 spiro atoms. The maximum absolute atomic E-state index is 5.34. The van der Waals surface area contributed by atoms with Gasteiger partial charge in [-0.05, 0) is 11.7 Å². The largest absolute Gasteiger partial charge is 0.382 e. The molecule has 0 saturated heterocycles. The lowest BCUT2D eigenvalue weighted by molar-refractivity contribution is 0.0546. The van der Waals surface area contributed by atoms with E-state index < -0.39 is 0 Å². The highest BCUT2D eigenvalue weighted by Crippen LogP contribution is 2.04. The SMILES string of the molecule is CCC(CS)COCCOC. The summed E-state index contributed by atoms with van der Waals surface area (Å²) in [4.78, 5) is 0. The maximum Gasteiger partial charge on any atom is 0.0700 e. The Kier molecular flexibility index (Phi) is 8.57. The number of hydrogen-bond acceptors (Lipinski definition) is 3. The minimum absolute atomic E-state index is 0.593. The van der Waals surface area contributed by atoms with Crippen LogP contribution in [0.2, 0.25) is 0 Å². The lowest BCUT2D eigenvalue weighted by atomic mass is 10.1. The molecule has 11 heavy (non-hydrogen) atoms. The highest BCUT2D eigenvalue weighted by molar-refractivity contribution is 7.80. The van der Waals surface area contributed by atoms with E-state index in [1.807, 2.05) is 0 Å². The fraction of sp³-hybridized carbons (Fsp3) is 1.00. The van der Waals surface area contributed by atoms with Gasteiger partial charge in [0.2, 0.25) is 0 Å². The van der Waals surface area contributed by atoms with Gasteiger partial charge >= 0.3 is 0 Å². The van der Waals surface area contributed by atoms with Crippen LogP contribution in [0.1, 0.15) is 13.3 Å². The molecule has 0 aromatic heterocycles. The van der Waals surface area contributed by atoms with Gasteiger partial charge in [-0.2, -0.15) is 12.6 Å². The molecule has 0 rings (SSSR count). The average Bonchev–Trinajstić information content (AvgIpc) is 2.05. The Morgan fingerprint density at radius 3 is 2.55 bits per heavy atom. The Morgan fingerprint density at radius 1 is 1.36 bits per heavy atom. The molecule has 0 aromatic carbocycles. The van der Waals surface area contributed by atoms with Crippen molar-refractivity contribution in [1.82, 2.24) is 0 Å². The molecule has 0 heterocycles. The van der Waals surface area contributed by atoms with Gasteiger partial charge in [-0.1, -0.05) is 13.3 Å². The lowest BCUT2D eigenvalue weighted by Gasteiger charge is -2.11. The number of thiol groups is 1. The van der Waals surface area contributed by atoms with Gasteiger partial charge in [0.05, 0.1) is 19.8 Å². The molecule has 2 nitrogen and oxygen atoms in total. The van der Waals surface area contributed by atoms with Gasteiger partial charge in [0, 0.05) is 7.11 Å². The van der Waals surface area contributed by atoms with E-state index in [1.54, 1.807) is 7.11 Å². The van der Waals surface area contributed by atoms with Crippen molar-refractivity contribution in [2.24, 2.45) is 5.92 Å². The first kappa shape index (κ1) is 11.3. The van der Waals surface area contributed by atoms with E-state index in [0.29, 0.717) is 19.1 Å². The van der Waals surface area contributed by atoms with Crippen LogP contribution in [0.5, 0.6) is 0 Å². The fourth-order valence-electron chi connectivity index (χ4n) is 0.692. The van der Waals surface area contributed by atoms with E-state index >= 15 is 0 Å². The van der Waals surface area contributed by atoms with Crippen LogP contribution in [-0.2, 0) is 9.47 Å². The van der Waals surface area contributed by atoms with E-state index in [4.69, 9.17) is 9.47 Å². The highest BCUT2D eigenvalue weighted by atomic mass is 32.1. The zero-order valence-corrected chi connectivity index (χ0v) is 8.27. The molecule has 3 heteroatoms. The molecule has 0 fully saturated rings. The zero-order chi connectivity index (χ0) is 8.53. The van der Waals surface area contributed by atoms with Crippen LogP contribution in [-0.4, -0.2) is 32.7 Å². The van der Waals surface area contributed by atoms with Crippen molar-refractivity contribution in [3.63, 3.8) is 0 Å². The smallest absolute Gasteiger partial charge is 0.0700 e. The third kappa shape index (κ3) is 6.66. The first-order chi connectivity index (χ1) is 5.35. The fourth-order valence-corrected chi connectivity index (χ4v) is 1.06. The van der Waals surface area contributed by atoms with Gasteiger partial charge in [0.15, 0.2) is 0 Å². The van der Waals surface area contributed by atoms with Crippen molar-refractivity contribution in [1.29, 1.82) is 0 Å². The van der Waals surface area contributed by atoms with Crippen molar-refractivity contribution < 1.29 is 9.47 Å². The van der Waals surface area contributed by atoms with Crippen LogP contribution in [0.3, 0.4) is 0 Å². The summed E-state index contributed by atoms with van der Waals surface area (Å²) in [5.41, 5.74) is 0. The summed E-state index contributed by atoms with van der Waals surface area (Å²) in [6, 6.07) is 0. The van der Waals surface area contributed by atoms with E-state index in [1.165, 1.54) is 0 Å². The monoisotopic (exact) mass is 178 g/mol. The van der Waals surface area contributed by atoms with Gasteiger partial charge < -0.3 is 9.47 Å². The van der Waals surface area contributed by atoms with Gasteiger partial charge in [-0.3, -0.25) is 0 Å². The summed E-state index contributed by atoms with van der Waals surface area (Å²) in [6.07, 6.45) is 1.14. The van der Waals surface area contributed by atoms with E-state index in [-0.39, 0.29) is 0 Å². The maximum atomic E-state index is 5.34. The molecular weight excluding hydrogens is 160 g/mol. The number of rotatable bonds is 7. The summed E-state index contributed by atoms with van der Waals surface area (Å²) in [5.74, 6) is 1.50. The molecule has 0 aliphatic rings. The summed E-state index contributed by atoms with van der Waals surface area (Å²) in [7, 11) is 1.68. The van der Waals surface area contributed by atoms with Crippen molar-refractivity contribution >= 4 is 12.6 Å². The lowest BCUT2D eigenvalue weighted by Crippen LogP contribution is -2.12. The van der Waals surface area contributed by atoms with Crippen LogP contribution in [0.4, 0.5) is 0 Å². The molecule has 0 saturated carbocycles. The molecule has 68 valence electrons. The standard InChI is InChI=1S/C8H18O2S/c1-3-8(7-11)6-10-5-4-9-2/h8,11H,3-7H2,1-2H3. The molecule has 0 bridgehead atoms. The van der Waals surface area contributed by atoms with Gasteiger partial charge in [0.1, 0.15) is 0 Å². The van der Waals surface area contributed by atoms with Crippen LogP contribution in [0, 0.1) is 5.92 Å². The second kappa shape index (κ2) is 8.37. The molecule has 0 amide bonds. The molecular formula is C8H18O2S. The van der Waals surface area contributed by atoms with Crippen molar-refractivity contribution in [3.8, 4) is 0 Å². The first-order valence-electron chi connectivity index (χ1n) is 4.02. The van der Waals surface area contributed by atoms with Crippen molar-refractivity contribution in [3.05, 3.63) is 0 Å². The first-order valence-corrected chi connectivity index (χ1v) is 4.65. The zero-order valence-electron chi connectivity index (χ0n) is 7.38. The Balaban J connectivity index is 3.07. The Labute approximate surface area is 74.7 Å². The predicted molar refractivity (Wildman–Crippen MR) is 50.3 cm³/mol. The van der Waals surface area contributed by atoms with Crippen molar-refractivity contribution in [2.45, 2.75) is 13.3 Å². The minimum atomic E-state index is 0.593. The minimum Gasteiger partial charge on any atom is -0.382 e. The quantitative estimate of drug-likeness (QED) is 0.471. The summed E-state index contributed by atoms with van der Waals surface area (Å²) in [5, 5.41) is 0. The molecule has 0 aliphatic carbocycles. The molecule has 0 radical (unpaired) electrons. The van der Waals surface area contributed by atoms with Crippen molar-refractivity contribution in [2.75, 3.05) is 32.7 Å². The summed E-state index contributed by atoms with van der Waals surface area (Å²) in [6.45, 7) is 4.34. The Hall–Kier alpha value is 0.270. The Bertz CT molecular complexity index is 74.5. The third-order valence-corrected chi connectivity index (χ3v) is 2.14. The van der Waals surface area contributed by atoms with Gasteiger partial charge in [0.25, 0.3) is 0 Å². The summed E-state index contributed by atoms with van der Waals surface area (Å²) < 4.78 is 10.2. The number of methoxy groups -OCH3 is 1. The Morgan fingerprint density at radius 2 is 2.09 bits per heavy atom. The normalized spacial score (nSPS) is 13.4. The van der Waals surface area contributed by atoms with Crippen LogP contribution in [0.25, 0.3) is 0 Å². The third-order valence-electron chi connectivity index (χ3n) is 1.62. The highest BCUT2D eigenvalue weighted by Gasteiger charge is 2.02. The second-order valence-electron chi connectivity index (χ2n) is 2.52. The van der Waals surface area contributed by atoms with Crippen LogP contribution < -0.4 is 0 Å². The molecule has 0 N–H and O–H groups in total. The second-order valence-corrected chi connectivity index (χ2v) is 2.89. The molecule has 0 aliphatic heterocycles. The van der Waals surface area contributed by atoms with E-state index in [0.717, 1.165) is 18.8 Å². The summed E-state index contributed by atoms with van der Waals surface area (Å²) >= 11 is 4.21. The van der Waals surface area contributed by atoms with Gasteiger partial charge in [-0.15, -0.1) is 0 Å². The number of ether oxygens (including phenoxy) is 2. The van der Waals surface area contributed by atoms with Crippen LogP contribution >= 0.6 is 12.6 Å². The van der Waals surface area contributed by atoms with E-state index in [9.17, 15) is 0 Å². The number of hydrogen-bond donors (Lipinski definition) is 1.